The number of para-hydroxylation sites is 2. The van der Waals surface area contributed by atoms with Crippen molar-refractivity contribution < 1.29 is 9.84 Å². The average Bonchev–Trinajstić information content (AvgIpc) is 2.82. The minimum Gasteiger partial charge on any atom is -0.495 e. The molecule has 0 radical (unpaired) electrons. The summed E-state index contributed by atoms with van der Waals surface area (Å²) in [5.74, 6) is 1.31. The van der Waals surface area contributed by atoms with E-state index >= 15 is 0 Å². The fourth-order valence-corrected chi connectivity index (χ4v) is 2.37. The minimum absolute atomic E-state index is 0. The Bertz CT molecular complexity index is 454. The van der Waals surface area contributed by atoms with Gasteiger partial charge in [-0.15, -0.1) is 24.0 Å². The average molecular weight is 391 g/mol. The van der Waals surface area contributed by atoms with Gasteiger partial charge in [-0.1, -0.05) is 18.6 Å². The Morgan fingerprint density at radius 2 is 2.20 bits per heavy atom. The molecule has 1 aromatic rings. The van der Waals surface area contributed by atoms with Crippen LogP contribution in [0.15, 0.2) is 29.3 Å². The number of nitrogens with two attached hydrogens (primary N) is 1. The number of hydrogen-bond acceptors (Lipinski definition) is 3. The standard InChI is InChI=1S/C14H21N3O2.HI/c1-19-13-8-3-2-6-11(13)17-14(15)16-9-10-5-4-7-12(10)18;/h2-3,6,8,10,12,18H,4-5,7,9H2,1H3,(H3,15,16,17);1H. The summed E-state index contributed by atoms with van der Waals surface area (Å²) in [5.41, 5.74) is 6.64. The van der Waals surface area contributed by atoms with E-state index in [2.05, 4.69) is 10.3 Å². The molecule has 1 aliphatic rings. The summed E-state index contributed by atoms with van der Waals surface area (Å²) in [6.45, 7) is 0.565. The zero-order chi connectivity index (χ0) is 13.7. The Morgan fingerprint density at radius 3 is 2.85 bits per heavy atom. The minimum atomic E-state index is -0.234. The highest BCUT2D eigenvalue weighted by Crippen LogP contribution is 2.26. The molecule has 20 heavy (non-hydrogen) atoms. The molecule has 1 fully saturated rings. The maximum Gasteiger partial charge on any atom is 0.193 e. The Labute approximate surface area is 136 Å². The number of ether oxygens (including phenoxy) is 1. The molecule has 0 aliphatic heterocycles. The quantitative estimate of drug-likeness (QED) is 0.418. The van der Waals surface area contributed by atoms with Crippen LogP contribution in [0.4, 0.5) is 5.69 Å². The lowest BCUT2D eigenvalue weighted by molar-refractivity contribution is 0.137. The number of hydrogen-bond donors (Lipinski definition) is 3. The van der Waals surface area contributed by atoms with Crippen molar-refractivity contribution in [3.63, 3.8) is 0 Å². The molecule has 1 aromatic carbocycles. The predicted molar refractivity (Wildman–Crippen MR) is 91.9 cm³/mol. The molecule has 2 unspecified atom stereocenters. The number of guanidine groups is 1. The van der Waals surface area contributed by atoms with Crippen LogP contribution in [0.1, 0.15) is 19.3 Å². The monoisotopic (exact) mass is 391 g/mol. The number of methoxy groups -OCH3 is 1. The van der Waals surface area contributed by atoms with E-state index in [-0.39, 0.29) is 36.0 Å². The maximum absolute atomic E-state index is 9.72. The van der Waals surface area contributed by atoms with Gasteiger partial charge in [-0.2, -0.15) is 0 Å². The van der Waals surface area contributed by atoms with Crippen LogP contribution >= 0.6 is 24.0 Å². The molecule has 6 heteroatoms. The lowest BCUT2D eigenvalue weighted by atomic mass is 10.1. The summed E-state index contributed by atoms with van der Waals surface area (Å²) in [4.78, 5) is 4.30. The van der Waals surface area contributed by atoms with Gasteiger partial charge in [0, 0.05) is 12.5 Å². The van der Waals surface area contributed by atoms with Crippen molar-refractivity contribution in [2.24, 2.45) is 16.6 Å². The van der Waals surface area contributed by atoms with Crippen LogP contribution in [0.5, 0.6) is 5.75 Å². The summed E-state index contributed by atoms with van der Waals surface area (Å²) in [5, 5.41) is 12.7. The van der Waals surface area contributed by atoms with Crippen molar-refractivity contribution >= 4 is 35.6 Å². The first-order valence-electron chi connectivity index (χ1n) is 6.58. The zero-order valence-electron chi connectivity index (χ0n) is 11.6. The highest BCUT2D eigenvalue weighted by Gasteiger charge is 2.24. The molecule has 0 heterocycles. The van der Waals surface area contributed by atoms with E-state index in [9.17, 15) is 5.11 Å². The van der Waals surface area contributed by atoms with Gasteiger partial charge < -0.3 is 20.9 Å². The molecular weight excluding hydrogens is 369 g/mol. The van der Waals surface area contributed by atoms with Gasteiger partial charge in [-0.05, 0) is 25.0 Å². The van der Waals surface area contributed by atoms with E-state index in [1.54, 1.807) is 7.11 Å². The van der Waals surface area contributed by atoms with Crippen molar-refractivity contribution in [1.82, 2.24) is 0 Å². The fourth-order valence-electron chi connectivity index (χ4n) is 2.37. The molecule has 0 bridgehead atoms. The second kappa shape index (κ2) is 8.31. The van der Waals surface area contributed by atoms with Gasteiger partial charge in [-0.3, -0.25) is 4.99 Å². The third-order valence-electron chi connectivity index (χ3n) is 3.48. The Balaban J connectivity index is 0.00000200. The van der Waals surface area contributed by atoms with Gasteiger partial charge in [0.2, 0.25) is 0 Å². The van der Waals surface area contributed by atoms with E-state index in [1.807, 2.05) is 24.3 Å². The highest BCUT2D eigenvalue weighted by molar-refractivity contribution is 14.0. The van der Waals surface area contributed by atoms with E-state index in [0.29, 0.717) is 12.5 Å². The molecular formula is C14H22IN3O2. The first-order valence-corrected chi connectivity index (χ1v) is 6.58. The summed E-state index contributed by atoms with van der Waals surface area (Å²) in [6.07, 6.45) is 2.73. The SMILES string of the molecule is COc1ccccc1NC(N)=NCC1CCCC1O.I. The van der Waals surface area contributed by atoms with Crippen molar-refractivity contribution in [2.75, 3.05) is 19.0 Å². The summed E-state index contributed by atoms with van der Waals surface area (Å²) >= 11 is 0. The Morgan fingerprint density at radius 1 is 1.45 bits per heavy atom. The lowest BCUT2D eigenvalue weighted by Gasteiger charge is -2.13. The maximum atomic E-state index is 9.72. The molecule has 0 spiro atoms. The molecule has 4 N–H and O–H groups in total. The molecule has 0 amide bonds. The Hall–Kier alpha value is -1.02. The number of anilines is 1. The molecule has 1 aliphatic carbocycles. The van der Waals surface area contributed by atoms with Crippen LogP contribution in [0.3, 0.4) is 0 Å². The number of nitrogens with one attached hydrogen (secondary N) is 1. The molecule has 2 atom stereocenters. The molecule has 0 aromatic heterocycles. The number of aliphatic hydroxyl groups is 1. The van der Waals surface area contributed by atoms with Gasteiger partial charge in [0.1, 0.15) is 5.75 Å². The first-order chi connectivity index (χ1) is 9.20. The number of rotatable bonds is 4. The van der Waals surface area contributed by atoms with Gasteiger partial charge in [0.25, 0.3) is 0 Å². The lowest BCUT2D eigenvalue weighted by Crippen LogP contribution is -2.25. The zero-order valence-corrected chi connectivity index (χ0v) is 13.9. The summed E-state index contributed by atoms with van der Waals surface area (Å²) in [7, 11) is 1.61. The van der Waals surface area contributed by atoms with Gasteiger partial charge >= 0.3 is 0 Å². The van der Waals surface area contributed by atoms with Crippen molar-refractivity contribution in [3.8, 4) is 5.75 Å². The van der Waals surface area contributed by atoms with E-state index in [4.69, 9.17) is 10.5 Å². The van der Waals surface area contributed by atoms with Crippen molar-refractivity contribution in [2.45, 2.75) is 25.4 Å². The summed E-state index contributed by atoms with van der Waals surface area (Å²) < 4.78 is 5.23. The van der Waals surface area contributed by atoms with Crippen LogP contribution < -0.4 is 15.8 Å². The van der Waals surface area contributed by atoms with Crippen molar-refractivity contribution in [3.05, 3.63) is 24.3 Å². The van der Waals surface area contributed by atoms with Crippen LogP contribution in [-0.2, 0) is 0 Å². The smallest absolute Gasteiger partial charge is 0.193 e. The third kappa shape index (κ3) is 4.52. The van der Waals surface area contributed by atoms with Crippen LogP contribution in [0.2, 0.25) is 0 Å². The molecule has 0 saturated heterocycles. The predicted octanol–water partition coefficient (Wildman–Crippen LogP) is 2.20. The fraction of sp³-hybridized carbons (Fsp3) is 0.500. The molecule has 2 rings (SSSR count). The number of aliphatic hydroxyl groups excluding tert-OH is 1. The third-order valence-corrected chi connectivity index (χ3v) is 3.48. The molecule has 1 saturated carbocycles. The second-order valence-corrected chi connectivity index (χ2v) is 4.81. The molecule has 112 valence electrons. The second-order valence-electron chi connectivity index (χ2n) is 4.81. The van der Waals surface area contributed by atoms with E-state index in [1.165, 1.54) is 0 Å². The largest absolute Gasteiger partial charge is 0.495 e. The number of halogens is 1. The topological polar surface area (TPSA) is 79.9 Å². The molecule has 5 nitrogen and oxygen atoms in total. The van der Waals surface area contributed by atoms with Gasteiger partial charge in [0.05, 0.1) is 18.9 Å². The summed E-state index contributed by atoms with van der Waals surface area (Å²) in [6, 6.07) is 7.53. The van der Waals surface area contributed by atoms with Crippen LogP contribution in [-0.4, -0.2) is 30.8 Å². The van der Waals surface area contributed by atoms with Crippen molar-refractivity contribution in [1.29, 1.82) is 0 Å². The Kier molecular flexibility index (Phi) is 7.08. The van der Waals surface area contributed by atoms with E-state index in [0.717, 1.165) is 30.7 Å². The van der Waals surface area contributed by atoms with Gasteiger partial charge in [0.15, 0.2) is 5.96 Å². The normalized spacial score (nSPS) is 22.2. The van der Waals surface area contributed by atoms with Gasteiger partial charge in [-0.25, -0.2) is 0 Å². The number of aliphatic imine (C=N–C) groups is 1. The number of nitrogens with zero attached hydrogens (tertiary/aromatic N) is 1. The first kappa shape index (κ1) is 17.0. The highest BCUT2D eigenvalue weighted by atomic mass is 127. The van der Waals surface area contributed by atoms with E-state index < -0.39 is 0 Å². The van der Waals surface area contributed by atoms with Crippen LogP contribution in [0, 0.1) is 5.92 Å². The number of benzene rings is 1. The van der Waals surface area contributed by atoms with Crippen LogP contribution in [0.25, 0.3) is 0 Å².